The number of nitrogens with two attached hydrogens (primary N) is 2. The van der Waals surface area contributed by atoms with E-state index < -0.39 is 16.5 Å². The van der Waals surface area contributed by atoms with E-state index in [9.17, 15) is 0 Å². The van der Waals surface area contributed by atoms with Crippen molar-refractivity contribution in [2.75, 3.05) is 0 Å². The van der Waals surface area contributed by atoms with Gasteiger partial charge in [0.25, 0.3) is 0 Å². The van der Waals surface area contributed by atoms with Gasteiger partial charge in [-0.2, -0.15) is 0 Å². The fraction of sp³-hybridized carbons (Fsp3) is 1.00. The molecular weight excluding hydrogens is 366 g/mol. The van der Waals surface area contributed by atoms with Crippen molar-refractivity contribution in [3.8, 4) is 0 Å². The molecule has 0 aromatic carbocycles. The molecule has 0 bridgehead atoms. The molecule has 70 valence electrons. The first-order valence-electron chi connectivity index (χ1n) is 3.56. The van der Waals surface area contributed by atoms with Crippen molar-refractivity contribution in [3.05, 3.63) is 0 Å². The zero-order valence-corrected chi connectivity index (χ0v) is 9.99. The molecule has 1 aliphatic carbocycles. The standard InChI is InChI=1S/C6H14N2.2ClH.Pt/c7-5-3-1-2-4-6(5)8;;;/h5-6H,1-4,7-8H2;2*1H;/q;;;+4/p-2/t5-,6-;;;/m0.../s1. The van der Waals surface area contributed by atoms with Gasteiger partial charge in [0.1, 0.15) is 0 Å². The van der Waals surface area contributed by atoms with Gasteiger partial charge in [-0.1, -0.05) is 12.8 Å². The molecule has 2 nitrogen and oxygen atoms in total. The molecule has 1 aliphatic rings. The summed E-state index contributed by atoms with van der Waals surface area (Å²) in [6.45, 7) is 0. The van der Waals surface area contributed by atoms with Crippen LogP contribution in [0, 0.1) is 0 Å². The number of rotatable bonds is 0. The molecule has 0 saturated heterocycles. The topological polar surface area (TPSA) is 52.0 Å². The molecule has 11 heavy (non-hydrogen) atoms. The minimum atomic E-state index is -0.472. The minimum absolute atomic E-state index is 0.281. The van der Waals surface area contributed by atoms with E-state index >= 15 is 0 Å². The van der Waals surface area contributed by atoms with E-state index in [1.54, 1.807) is 0 Å². The summed E-state index contributed by atoms with van der Waals surface area (Å²) < 4.78 is 0. The van der Waals surface area contributed by atoms with Crippen molar-refractivity contribution < 1.29 is 16.5 Å². The van der Waals surface area contributed by atoms with Gasteiger partial charge in [0, 0.05) is 12.1 Å². The Balaban J connectivity index is 0.000000292. The summed E-state index contributed by atoms with van der Waals surface area (Å²) >= 11 is -0.472. The summed E-state index contributed by atoms with van der Waals surface area (Å²) in [6.07, 6.45) is 4.80. The number of hydrogen-bond acceptors (Lipinski definition) is 2. The molecule has 0 aromatic heterocycles. The molecule has 0 spiro atoms. The predicted molar refractivity (Wildman–Crippen MR) is 46.1 cm³/mol. The van der Waals surface area contributed by atoms with Crippen LogP contribution in [0.15, 0.2) is 0 Å². The Morgan fingerprint density at radius 1 is 1.00 bits per heavy atom. The maximum atomic E-state index is 5.65. The number of halogens is 2. The summed E-state index contributed by atoms with van der Waals surface area (Å²) in [7, 11) is 9.75. The molecule has 0 unspecified atom stereocenters. The van der Waals surface area contributed by atoms with Gasteiger partial charge >= 0.3 is 35.3 Å². The molecule has 0 aromatic rings. The van der Waals surface area contributed by atoms with Crippen molar-refractivity contribution in [1.29, 1.82) is 0 Å². The van der Waals surface area contributed by atoms with Crippen LogP contribution in [0.25, 0.3) is 0 Å². The summed E-state index contributed by atoms with van der Waals surface area (Å²) in [5.41, 5.74) is 11.3. The Labute approximate surface area is 84.4 Å². The molecule has 0 heterocycles. The molecule has 2 atom stereocenters. The zero-order chi connectivity index (χ0) is 8.69. The number of hydrogen-bond donors (Lipinski definition) is 2. The maximum absolute atomic E-state index is 5.65. The van der Waals surface area contributed by atoms with Crippen molar-refractivity contribution >= 4 is 18.8 Å². The zero-order valence-electron chi connectivity index (χ0n) is 6.21. The van der Waals surface area contributed by atoms with Crippen LogP contribution in [0.5, 0.6) is 0 Å². The van der Waals surface area contributed by atoms with Gasteiger partial charge in [-0.3, -0.25) is 0 Å². The van der Waals surface area contributed by atoms with Gasteiger partial charge in [0.05, 0.1) is 0 Å². The second kappa shape index (κ2) is 7.82. The summed E-state index contributed by atoms with van der Waals surface area (Å²) in [4.78, 5) is 0. The van der Waals surface area contributed by atoms with Gasteiger partial charge in [0.2, 0.25) is 0 Å². The first-order valence-corrected chi connectivity index (χ1v) is 9.19. The Hall–Kier alpha value is 1.19. The van der Waals surface area contributed by atoms with E-state index in [1.807, 2.05) is 0 Å². The van der Waals surface area contributed by atoms with Crippen molar-refractivity contribution in [2.45, 2.75) is 37.8 Å². The van der Waals surface area contributed by atoms with Gasteiger partial charge in [0.15, 0.2) is 0 Å². The molecule has 5 heteroatoms. The van der Waals surface area contributed by atoms with Gasteiger partial charge in [-0.15, -0.1) is 0 Å². The Kier molecular flexibility index (Phi) is 8.66. The van der Waals surface area contributed by atoms with Crippen LogP contribution in [-0.4, -0.2) is 12.1 Å². The SMILES string of the molecule is N[C@H]1CCCC[C@@H]1N.[Cl][Pt+2][Cl]. The van der Waals surface area contributed by atoms with E-state index in [4.69, 9.17) is 30.3 Å². The van der Waals surface area contributed by atoms with Crippen LogP contribution in [-0.2, 0) is 16.5 Å². The van der Waals surface area contributed by atoms with Crippen LogP contribution in [0.2, 0.25) is 0 Å². The first kappa shape index (κ1) is 12.2. The third kappa shape index (κ3) is 6.36. The molecule has 0 aliphatic heterocycles. The average Bonchev–Trinajstić information content (AvgIpc) is 1.97. The van der Waals surface area contributed by atoms with E-state index in [0.717, 1.165) is 12.8 Å². The normalized spacial score (nSPS) is 30.9. The van der Waals surface area contributed by atoms with E-state index in [-0.39, 0.29) is 12.1 Å². The summed E-state index contributed by atoms with van der Waals surface area (Å²) in [5.74, 6) is 0. The van der Waals surface area contributed by atoms with Gasteiger partial charge in [-0.25, -0.2) is 0 Å². The van der Waals surface area contributed by atoms with E-state index in [0.29, 0.717) is 0 Å². The third-order valence-electron chi connectivity index (χ3n) is 1.87. The average molecular weight is 380 g/mol. The van der Waals surface area contributed by atoms with Crippen LogP contribution in [0.4, 0.5) is 0 Å². The second-order valence-corrected chi connectivity index (χ2v) is 5.94. The van der Waals surface area contributed by atoms with Crippen LogP contribution in [0.1, 0.15) is 25.7 Å². The third-order valence-corrected chi connectivity index (χ3v) is 1.87. The first-order chi connectivity index (χ1) is 5.22. The summed E-state index contributed by atoms with van der Waals surface area (Å²) in [6, 6.07) is 0.562. The van der Waals surface area contributed by atoms with E-state index in [2.05, 4.69) is 0 Å². The Morgan fingerprint density at radius 2 is 1.27 bits per heavy atom. The van der Waals surface area contributed by atoms with Crippen LogP contribution < -0.4 is 11.5 Å². The van der Waals surface area contributed by atoms with Gasteiger partial charge in [-0.05, 0) is 12.8 Å². The molecule has 0 amide bonds. The van der Waals surface area contributed by atoms with Crippen LogP contribution >= 0.6 is 18.8 Å². The quantitative estimate of drug-likeness (QED) is 0.671. The molecule has 4 N–H and O–H groups in total. The monoisotopic (exact) mass is 379 g/mol. The molecular formula is C6H14Cl2N2Pt+2. The van der Waals surface area contributed by atoms with Crippen molar-refractivity contribution in [1.82, 2.24) is 0 Å². The fourth-order valence-electron chi connectivity index (χ4n) is 1.19. The van der Waals surface area contributed by atoms with Gasteiger partial charge < -0.3 is 11.5 Å². The second-order valence-electron chi connectivity index (χ2n) is 2.66. The van der Waals surface area contributed by atoms with Crippen molar-refractivity contribution in [2.24, 2.45) is 11.5 Å². The predicted octanol–water partition coefficient (Wildman–Crippen LogP) is 1.59. The Morgan fingerprint density at radius 3 is 1.45 bits per heavy atom. The molecule has 0 radical (unpaired) electrons. The van der Waals surface area contributed by atoms with E-state index in [1.165, 1.54) is 12.8 Å². The molecule has 1 rings (SSSR count). The molecule has 1 fully saturated rings. The Bertz CT molecular complexity index is 84.7. The van der Waals surface area contributed by atoms with Crippen LogP contribution in [0.3, 0.4) is 0 Å². The molecule has 1 saturated carbocycles. The summed E-state index contributed by atoms with van der Waals surface area (Å²) in [5, 5.41) is 0. The van der Waals surface area contributed by atoms with Crippen molar-refractivity contribution in [3.63, 3.8) is 0 Å². The fourth-order valence-corrected chi connectivity index (χ4v) is 1.19.